The molecule has 1 aliphatic rings. The Balaban J connectivity index is 1.48. The molecule has 0 unspecified atom stereocenters. The molecule has 8 heteroatoms. The van der Waals surface area contributed by atoms with Crippen molar-refractivity contribution >= 4 is 17.5 Å². The summed E-state index contributed by atoms with van der Waals surface area (Å²) in [4.78, 5) is 18.8. The van der Waals surface area contributed by atoms with Gasteiger partial charge in [-0.25, -0.2) is 4.98 Å². The van der Waals surface area contributed by atoms with E-state index in [1.807, 2.05) is 11.6 Å². The zero-order valence-electron chi connectivity index (χ0n) is 13.4. The first-order valence-electron chi connectivity index (χ1n) is 7.71. The van der Waals surface area contributed by atoms with Crippen LogP contribution in [0.15, 0.2) is 18.6 Å². The Labute approximate surface area is 140 Å². The molecule has 1 aliphatic heterocycles. The monoisotopic (exact) mass is 336 g/mol. The number of hydrogen-bond donors (Lipinski definition) is 1. The van der Waals surface area contributed by atoms with Gasteiger partial charge >= 0.3 is 0 Å². The largest absolute Gasteiger partial charge is 0.349 e. The van der Waals surface area contributed by atoms with E-state index in [2.05, 4.69) is 20.3 Å². The summed E-state index contributed by atoms with van der Waals surface area (Å²) >= 11 is 6.02. The first kappa shape index (κ1) is 16.0. The first-order valence-corrected chi connectivity index (χ1v) is 8.08. The van der Waals surface area contributed by atoms with E-state index >= 15 is 0 Å². The van der Waals surface area contributed by atoms with Gasteiger partial charge in [0.25, 0.3) is 5.91 Å². The number of carbonyl (C=O) groups excluding carboxylic acids is 1. The van der Waals surface area contributed by atoms with Gasteiger partial charge in [0.05, 0.1) is 24.5 Å². The van der Waals surface area contributed by atoms with E-state index in [1.54, 1.807) is 30.3 Å². The lowest BCUT2D eigenvalue weighted by Crippen LogP contribution is -2.44. The van der Waals surface area contributed by atoms with Crippen LogP contribution in [0, 0.1) is 0 Å². The Morgan fingerprint density at radius 2 is 2.09 bits per heavy atom. The SMILES string of the molecule is Cn1cc(C(=O)NC2CCN(Cc3ncc(Cl)n3C)CC2)cn1. The molecule has 124 valence electrons. The maximum absolute atomic E-state index is 12.1. The zero-order valence-corrected chi connectivity index (χ0v) is 14.1. The van der Waals surface area contributed by atoms with Gasteiger partial charge in [-0.05, 0) is 12.8 Å². The molecule has 0 aliphatic carbocycles. The predicted molar refractivity (Wildman–Crippen MR) is 87.2 cm³/mol. The van der Waals surface area contributed by atoms with Crippen molar-refractivity contribution in [3.8, 4) is 0 Å². The molecule has 0 radical (unpaired) electrons. The molecule has 0 aromatic carbocycles. The third-order valence-electron chi connectivity index (χ3n) is 4.28. The van der Waals surface area contributed by atoms with E-state index in [0.29, 0.717) is 10.7 Å². The Morgan fingerprint density at radius 1 is 1.35 bits per heavy atom. The number of nitrogens with one attached hydrogen (secondary N) is 1. The highest BCUT2D eigenvalue weighted by molar-refractivity contribution is 6.29. The van der Waals surface area contributed by atoms with Crippen LogP contribution in [0.5, 0.6) is 0 Å². The van der Waals surface area contributed by atoms with E-state index in [-0.39, 0.29) is 11.9 Å². The lowest BCUT2D eigenvalue weighted by Gasteiger charge is -2.32. The van der Waals surface area contributed by atoms with Gasteiger partial charge in [-0.2, -0.15) is 5.10 Å². The fourth-order valence-electron chi connectivity index (χ4n) is 2.81. The number of likely N-dealkylation sites (tertiary alicyclic amines) is 1. The number of imidazole rings is 1. The minimum Gasteiger partial charge on any atom is -0.349 e. The third-order valence-corrected chi connectivity index (χ3v) is 4.63. The highest BCUT2D eigenvalue weighted by Gasteiger charge is 2.22. The standard InChI is InChI=1S/C15H21ClN6O/c1-20-9-11(7-18-20)15(23)19-12-3-5-22(6-4-12)10-14-17-8-13(16)21(14)2/h7-9,12H,3-6,10H2,1-2H3,(H,19,23). The summed E-state index contributed by atoms with van der Waals surface area (Å²) in [6.45, 7) is 2.65. The summed E-state index contributed by atoms with van der Waals surface area (Å²) in [5.74, 6) is 0.917. The van der Waals surface area contributed by atoms with Gasteiger partial charge in [0.2, 0.25) is 0 Å². The molecular weight excluding hydrogens is 316 g/mol. The number of amides is 1. The molecule has 0 spiro atoms. The number of hydrogen-bond acceptors (Lipinski definition) is 4. The molecule has 1 fully saturated rings. The van der Waals surface area contributed by atoms with Gasteiger partial charge in [-0.1, -0.05) is 11.6 Å². The predicted octanol–water partition coefficient (Wildman–Crippen LogP) is 1.20. The lowest BCUT2D eigenvalue weighted by molar-refractivity contribution is 0.0907. The van der Waals surface area contributed by atoms with Crippen LogP contribution in [0.25, 0.3) is 0 Å². The van der Waals surface area contributed by atoms with Crippen LogP contribution < -0.4 is 5.32 Å². The molecule has 1 saturated heterocycles. The number of aryl methyl sites for hydroxylation is 1. The fraction of sp³-hybridized carbons (Fsp3) is 0.533. The fourth-order valence-corrected chi connectivity index (χ4v) is 2.96. The Hall–Kier alpha value is -1.86. The second kappa shape index (κ2) is 6.72. The normalized spacial score (nSPS) is 16.7. The van der Waals surface area contributed by atoms with E-state index in [9.17, 15) is 4.79 Å². The summed E-state index contributed by atoms with van der Waals surface area (Å²) in [5.41, 5.74) is 0.609. The highest BCUT2D eigenvalue weighted by Crippen LogP contribution is 2.16. The molecule has 0 saturated carbocycles. The van der Waals surface area contributed by atoms with Crippen LogP contribution in [-0.4, -0.2) is 49.3 Å². The summed E-state index contributed by atoms with van der Waals surface area (Å²) < 4.78 is 3.54. The molecule has 1 amide bonds. The van der Waals surface area contributed by atoms with Crippen molar-refractivity contribution < 1.29 is 4.79 Å². The number of aromatic nitrogens is 4. The summed E-state index contributed by atoms with van der Waals surface area (Å²) in [6, 6.07) is 0.212. The van der Waals surface area contributed by atoms with Crippen molar-refractivity contribution in [3.63, 3.8) is 0 Å². The molecule has 7 nitrogen and oxygen atoms in total. The van der Waals surface area contributed by atoms with Crippen molar-refractivity contribution in [2.75, 3.05) is 13.1 Å². The summed E-state index contributed by atoms with van der Waals surface area (Å²) in [6.07, 6.45) is 6.87. The van der Waals surface area contributed by atoms with Gasteiger partial charge in [0.1, 0.15) is 11.0 Å². The quantitative estimate of drug-likeness (QED) is 0.911. The number of piperidine rings is 1. The number of rotatable bonds is 4. The Bertz CT molecular complexity index is 686. The molecule has 0 bridgehead atoms. The molecule has 2 aromatic heterocycles. The van der Waals surface area contributed by atoms with E-state index in [4.69, 9.17) is 11.6 Å². The Kier molecular flexibility index (Phi) is 4.68. The van der Waals surface area contributed by atoms with Crippen LogP contribution in [-0.2, 0) is 20.6 Å². The Morgan fingerprint density at radius 3 is 2.65 bits per heavy atom. The van der Waals surface area contributed by atoms with Crippen molar-refractivity contribution in [2.24, 2.45) is 14.1 Å². The van der Waals surface area contributed by atoms with E-state index in [1.165, 1.54) is 0 Å². The second-order valence-electron chi connectivity index (χ2n) is 5.98. The van der Waals surface area contributed by atoms with Crippen LogP contribution in [0.1, 0.15) is 29.0 Å². The van der Waals surface area contributed by atoms with Crippen LogP contribution in [0.3, 0.4) is 0 Å². The average Bonchev–Trinajstić information content (AvgIpc) is 3.10. The maximum atomic E-state index is 12.1. The van der Waals surface area contributed by atoms with Crippen LogP contribution in [0.4, 0.5) is 0 Å². The molecule has 3 rings (SSSR count). The smallest absolute Gasteiger partial charge is 0.254 e. The van der Waals surface area contributed by atoms with E-state index in [0.717, 1.165) is 38.3 Å². The third kappa shape index (κ3) is 3.73. The van der Waals surface area contributed by atoms with Gasteiger partial charge in [0.15, 0.2) is 0 Å². The number of nitrogens with zero attached hydrogens (tertiary/aromatic N) is 5. The maximum Gasteiger partial charge on any atom is 0.254 e. The van der Waals surface area contributed by atoms with Crippen molar-refractivity contribution in [1.29, 1.82) is 0 Å². The molecule has 3 heterocycles. The van der Waals surface area contributed by atoms with Crippen molar-refractivity contribution in [1.82, 2.24) is 29.5 Å². The van der Waals surface area contributed by atoms with Crippen LogP contribution >= 0.6 is 11.6 Å². The molecular formula is C15H21ClN6O. The molecule has 23 heavy (non-hydrogen) atoms. The molecule has 2 aromatic rings. The van der Waals surface area contributed by atoms with Gasteiger partial charge < -0.3 is 9.88 Å². The van der Waals surface area contributed by atoms with E-state index < -0.39 is 0 Å². The second-order valence-corrected chi connectivity index (χ2v) is 6.37. The van der Waals surface area contributed by atoms with Gasteiger partial charge in [0, 0.05) is 39.4 Å². The number of halogens is 1. The van der Waals surface area contributed by atoms with Gasteiger partial charge in [-0.3, -0.25) is 14.4 Å². The first-order chi connectivity index (χ1) is 11.0. The van der Waals surface area contributed by atoms with Gasteiger partial charge in [-0.15, -0.1) is 0 Å². The van der Waals surface area contributed by atoms with Crippen molar-refractivity contribution in [3.05, 3.63) is 35.1 Å². The van der Waals surface area contributed by atoms with Crippen LogP contribution in [0.2, 0.25) is 5.15 Å². The minimum absolute atomic E-state index is 0.0487. The highest BCUT2D eigenvalue weighted by atomic mass is 35.5. The average molecular weight is 337 g/mol. The topological polar surface area (TPSA) is 68.0 Å². The van der Waals surface area contributed by atoms with Crippen molar-refractivity contribution in [2.45, 2.75) is 25.4 Å². The molecule has 0 atom stereocenters. The zero-order chi connectivity index (χ0) is 16.4. The number of carbonyl (C=O) groups is 1. The molecule has 1 N–H and O–H groups in total. The summed E-state index contributed by atoms with van der Waals surface area (Å²) in [5, 5.41) is 7.77. The minimum atomic E-state index is -0.0487. The summed E-state index contributed by atoms with van der Waals surface area (Å²) in [7, 11) is 3.73. The lowest BCUT2D eigenvalue weighted by atomic mass is 10.0.